The van der Waals surface area contributed by atoms with Crippen molar-refractivity contribution >= 4 is 0 Å². The van der Waals surface area contributed by atoms with E-state index in [1.165, 1.54) is 16.7 Å². The van der Waals surface area contributed by atoms with E-state index in [4.69, 9.17) is 0 Å². The summed E-state index contributed by atoms with van der Waals surface area (Å²) in [7, 11) is 0. The van der Waals surface area contributed by atoms with Crippen LogP contribution < -0.4 is 5.32 Å². The van der Waals surface area contributed by atoms with Gasteiger partial charge in [0.1, 0.15) is 0 Å². The molecule has 0 saturated heterocycles. The highest BCUT2D eigenvalue weighted by Crippen LogP contribution is 2.23. The van der Waals surface area contributed by atoms with Gasteiger partial charge in [-0.25, -0.2) is 0 Å². The summed E-state index contributed by atoms with van der Waals surface area (Å²) in [6.07, 6.45) is 0. The van der Waals surface area contributed by atoms with E-state index in [1.54, 1.807) is 0 Å². The number of benzene rings is 2. The normalized spacial score (nSPS) is 11.0. The highest BCUT2D eigenvalue weighted by atomic mass is 15.1. The Morgan fingerprint density at radius 3 is 1.91 bits per heavy atom. The van der Waals surface area contributed by atoms with Crippen molar-refractivity contribution in [2.75, 3.05) is 0 Å². The predicted molar refractivity (Wildman–Crippen MR) is 89.6 cm³/mol. The van der Waals surface area contributed by atoms with Crippen molar-refractivity contribution in [3.8, 4) is 0 Å². The summed E-state index contributed by atoms with van der Waals surface area (Å²) in [5, 5.41) is 11.0. The topological polar surface area (TPSA) is 40.7 Å². The quantitative estimate of drug-likeness (QED) is 0.748. The van der Waals surface area contributed by atoms with Crippen LogP contribution in [0.25, 0.3) is 0 Å². The van der Waals surface area contributed by atoms with E-state index in [2.05, 4.69) is 83.1 Å². The molecule has 1 heterocycles. The van der Waals surface area contributed by atoms with Gasteiger partial charge in [0.15, 0.2) is 0 Å². The minimum absolute atomic E-state index is 0.177. The molecule has 3 aromatic rings. The Kier molecular flexibility index (Phi) is 4.35. The van der Waals surface area contributed by atoms with Gasteiger partial charge < -0.3 is 5.32 Å². The third-order valence-corrected chi connectivity index (χ3v) is 4.03. The number of nitrogens with one attached hydrogen (secondary N) is 2. The molecule has 112 valence electrons. The van der Waals surface area contributed by atoms with Crippen molar-refractivity contribution in [2.45, 2.75) is 26.4 Å². The van der Waals surface area contributed by atoms with Crippen LogP contribution in [0.4, 0.5) is 0 Å². The van der Waals surface area contributed by atoms with Gasteiger partial charge in [0.05, 0.1) is 11.7 Å². The van der Waals surface area contributed by atoms with Gasteiger partial charge in [-0.15, -0.1) is 0 Å². The Hall–Kier alpha value is -2.39. The van der Waals surface area contributed by atoms with Crippen molar-refractivity contribution in [1.82, 2.24) is 15.5 Å². The second-order valence-corrected chi connectivity index (χ2v) is 5.55. The molecule has 3 rings (SSSR count). The third-order valence-electron chi connectivity index (χ3n) is 4.03. The van der Waals surface area contributed by atoms with Crippen molar-refractivity contribution < 1.29 is 0 Å². The standard InChI is InChI=1S/C19H21N3/c1-14-18(15(2)22-21-14)13-20-19(16-9-5-3-6-10-16)17-11-7-4-8-12-17/h3-12,19-20H,13H2,1-2H3,(H,21,22). The van der Waals surface area contributed by atoms with Crippen LogP contribution in [0.2, 0.25) is 0 Å². The van der Waals surface area contributed by atoms with Crippen LogP contribution in [-0.2, 0) is 6.54 Å². The van der Waals surface area contributed by atoms with Gasteiger partial charge in [0.2, 0.25) is 0 Å². The second-order valence-electron chi connectivity index (χ2n) is 5.55. The molecule has 0 spiro atoms. The summed E-state index contributed by atoms with van der Waals surface area (Å²) in [6, 6.07) is 21.3. The summed E-state index contributed by atoms with van der Waals surface area (Å²) < 4.78 is 0. The number of nitrogens with zero attached hydrogens (tertiary/aromatic N) is 1. The Labute approximate surface area is 131 Å². The summed E-state index contributed by atoms with van der Waals surface area (Å²) in [4.78, 5) is 0. The lowest BCUT2D eigenvalue weighted by atomic mass is 9.98. The van der Waals surface area contributed by atoms with Crippen LogP contribution in [0.3, 0.4) is 0 Å². The van der Waals surface area contributed by atoms with E-state index >= 15 is 0 Å². The Morgan fingerprint density at radius 1 is 0.909 bits per heavy atom. The molecule has 3 heteroatoms. The molecular formula is C19H21N3. The van der Waals surface area contributed by atoms with Crippen LogP contribution >= 0.6 is 0 Å². The average Bonchev–Trinajstić information content (AvgIpc) is 2.89. The zero-order chi connectivity index (χ0) is 15.4. The molecular weight excluding hydrogens is 270 g/mol. The lowest BCUT2D eigenvalue weighted by Crippen LogP contribution is -2.22. The molecule has 0 radical (unpaired) electrons. The Morgan fingerprint density at radius 2 is 1.45 bits per heavy atom. The zero-order valence-corrected chi connectivity index (χ0v) is 13.0. The first-order valence-corrected chi connectivity index (χ1v) is 7.59. The molecule has 0 saturated carbocycles. The molecule has 0 atom stereocenters. The van der Waals surface area contributed by atoms with E-state index in [-0.39, 0.29) is 6.04 Å². The highest BCUT2D eigenvalue weighted by molar-refractivity contribution is 5.32. The van der Waals surface area contributed by atoms with Crippen LogP contribution in [0.15, 0.2) is 60.7 Å². The van der Waals surface area contributed by atoms with Crippen molar-refractivity contribution in [1.29, 1.82) is 0 Å². The lowest BCUT2D eigenvalue weighted by Gasteiger charge is -2.20. The third kappa shape index (κ3) is 3.10. The molecule has 1 aromatic heterocycles. The van der Waals surface area contributed by atoms with Crippen molar-refractivity contribution in [3.63, 3.8) is 0 Å². The van der Waals surface area contributed by atoms with Crippen LogP contribution in [0, 0.1) is 13.8 Å². The molecule has 2 N–H and O–H groups in total. The number of aromatic nitrogens is 2. The maximum Gasteiger partial charge on any atom is 0.0638 e. The van der Waals surface area contributed by atoms with E-state index in [0.717, 1.165) is 17.9 Å². The maximum atomic E-state index is 4.27. The van der Waals surface area contributed by atoms with Crippen molar-refractivity contribution in [2.24, 2.45) is 0 Å². The Bertz CT molecular complexity index is 658. The first kappa shape index (κ1) is 14.5. The van der Waals surface area contributed by atoms with Gasteiger partial charge >= 0.3 is 0 Å². The first-order chi connectivity index (χ1) is 10.8. The van der Waals surface area contributed by atoms with E-state index < -0.39 is 0 Å². The predicted octanol–water partition coefficient (Wildman–Crippen LogP) is 3.91. The van der Waals surface area contributed by atoms with Gasteiger partial charge in [-0.3, -0.25) is 5.10 Å². The van der Waals surface area contributed by atoms with Gasteiger partial charge in [-0.2, -0.15) is 5.10 Å². The fraction of sp³-hybridized carbons (Fsp3) is 0.211. The van der Waals surface area contributed by atoms with Gasteiger partial charge in [-0.05, 0) is 25.0 Å². The monoisotopic (exact) mass is 291 g/mol. The average molecular weight is 291 g/mol. The molecule has 0 bridgehead atoms. The molecule has 0 aliphatic heterocycles. The van der Waals surface area contributed by atoms with Crippen molar-refractivity contribution in [3.05, 3.63) is 88.7 Å². The first-order valence-electron chi connectivity index (χ1n) is 7.59. The summed E-state index contributed by atoms with van der Waals surface area (Å²) in [6.45, 7) is 4.90. The molecule has 2 aromatic carbocycles. The minimum Gasteiger partial charge on any atom is -0.302 e. The summed E-state index contributed by atoms with van der Waals surface area (Å²) in [5.74, 6) is 0. The van der Waals surface area contributed by atoms with Gasteiger partial charge in [0, 0.05) is 17.8 Å². The smallest absolute Gasteiger partial charge is 0.0638 e. The number of aromatic amines is 1. The molecule has 3 nitrogen and oxygen atoms in total. The summed E-state index contributed by atoms with van der Waals surface area (Å²) in [5.41, 5.74) is 5.98. The van der Waals surface area contributed by atoms with E-state index in [1.807, 2.05) is 6.92 Å². The number of aryl methyl sites for hydroxylation is 2. The van der Waals surface area contributed by atoms with E-state index in [9.17, 15) is 0 Å². The fourth-order valence-electron chi connectivity index (χ4n) is 2.76. The highest BCUT2D eigenvalue weighted by Gasteiger charge is 2.15. The molecule has 0 unspecified atom stereocenters. The van der Waals surface area contributed by atoms with Crippen LogP contribution in [0.1, 0.15) is 34.1 Å². The molecule has 22 heavy (non-hydrogen) atoms. The van der Waals surface area contributed by atoms with Gasteiger partial charge in [-0.1, -0.05) is 60.7 Å². The van der Waals surface area contributed by atoms with Gasteiger partial charge in [0.25, 0.3) is 0 Å². The van der Waals surface area contributed by atoms with Crippen LogP contribution in [0.5, 0.6) is 0 Å². The lowest BCUT2D eigenvalue weighted by molar-refractivity contribution is 0.602. The van der Waals surface area contributed by atoms with E-state index in [0.29, 0.717) is 0 Å². The number of H-pyrrole nitrogens is 1. The maximum absolute atomic E-state index is 4.27. The fourth-order valence-corrected chi connectivity index (χ4v) is 2.76. The zero-order valence-electron chi connectivity index (χ0n) is 13.0. The van der Waals surface area contributed by atoms with Crippen LogP contribution in [-0.4, -0.2) is 10.2 Å². The SMILES string of the molecule is Cc1n[nH]c(C)c1CNC(c1ccccc1)c1ccccc1. The number of rotatable bonds is 5. The number of hydrogen-bond acceptors (Lipinski definition) is 2. The minimum atomic E-state index is 0.177. The molecule has 0 aliphatic rings. The Balaban J connectivity index is 1.87. The molecule has 0 amide bonds. The number of hydrogen-bond donors (Lipinski definition) is 2. The molecule has 0 aliphatic carbocycles. The largest absolute Gasteiger partial charge is 0.302 e. The molecule has 0 fully saturated rings. The second kappa shape index (κ2) is 6.58. The summed E-state index contributed by atoms with van der Waals surface area (Å²) >= 11 is 0.